The Morgan fingerprint density at radius 1 is 0.917 bits per heavy atom. The number of aromatic nitrogens is 2. The van der Waals surface area contributed by atoms with Gasteiger partial charge in [0.15, 0.2) is 0 Å². The summed E-state index contributed by atoms with van der Waals surface area (Å²) < 4.78 is 15.1. The Kier molecular flexibility index (Phi) is 8.08. The van der Waals surface area contributed by atoms with E-state index in [1.54, 1.807) is 35.0 Å². The molecule has 0 aliphatic rings. The molecule has 0 fully saturated rings. The van der Waals surface area contributed by atoms with Crippen LogP contribution in [-0.2, 0) is 4.79 Å². The second-order valence-corrected chi connectivity index (χ2v) is 8.29. The average Bonchev–Trinajstić information content (AvgIpc) is 3.31. The third kappa shape index (κ3) is 6.35. The van der Waals surface area contributed by atoms with Crippen LogP contribution in [0.1, 0.15) is 19.8 Å². The molecule has 0 radical (unpaired) electrons. The predicted molar refractivity (Wildman–Crippen MR) is 140 cm³/mol. The maximum absolute atomic E-state index is 13.5. The van der Waals surface area contributed by atoms with Gasteiger partial charge in [0.2, 0.25) is 5.91 Å². The quantitative estimate of drug-likeness (QED) is 0.307. The van der Waals surface area contributed by atoms with Gasteiger partial charge in [0, 0.05) is 23.9 Å². The summed E-state index contributed by atoms with van der Waals surface area (Å²) in [7, 11) is 0. The molecule has 0 spiro atoms. The Balaban J connectivity index is 1.55. The molecule has 3 aromatic carbocycles. The van der Waals surface area contributed by atoms with E-state index in [0.717, 1.165) is 18.4 Å². The van der Waals surface area contributed by atoms with Crippen LogP contribution in [0, 0.1) is 5.82 Å². The summed E-state index contributed by atoms with van der Waals surface area (Å²) in [6, 6.07) is 26.0. The lowest BCUT2D eigenvalue weighted by Gasteiger charge is -2.22. The minimum atomic E-state index is -0.365. The lowest BCUT2D eigenvalue weighted by molar-refractivity contribution is -0.116. The first-order valence-electron chi connectivity index (χ1n) is 11.9. The average molecular weight is 486 g/mol. The molecule has 36 heavy (non-hydrogen) atoms. The fourth-order valence-corrected chi connectivity index (χ4v) is 3.68. The van der Waals surface area contributed by atoms with Crippen LogP contribution in [0.5, 0.6) is 0 Å². The van der Waals surface area contributed by atoms with Crippen molar-refractivity contribution in [2.75, 3.05) is 23.7 Å². The van der Waals surface area contributed by atoms with E-state index in [9.17, 15) is 14.0 Å². The van der Waals surface area contributed by atoms with E-state index in [2.05, 4.69) is 15.7 Å². The van der Waals surface area contributed by atoms with Gasteiger partial charge < -0.3 is 15.5 Å². The van der Waals surface area contributed by atoms with Crippen LogP contribution in [0.15, 0.2) is 91.0 Å². The molecule has 0 saturated carbocycles. The van der Waals surface area contributed by atoms with Gasteiger partial charge in [-0.15, -0.1) is 0 Å². The van der Waals surface area contributed by atoms with E-state index in [1.807, 2.05) is 55.5 Å². The summed E-state index contributed by atoms with van der Waals surface area (Å²) in [5.74, 6) is -0.308. The highest BCUT2D eigenvalue weighted by molar-refractivity contribution is 5.97. The lowest BCUT2D eigenvalue weighted by Crippen LogP contribution is -2.41. The van der Waals surface area contributed by atoms with E-state index >= 15 is 0 Å². The summed E-state index contributed by atoms with van der Waals surface area (Å²) in [6.45, 7) is 2.34. The van der Waals surface area contributed by atoms with Gasteiger partial charge in [-0.3, -0.25) is 4.79 Å². The third-order valence-electron chi connectivity index (χ3n) is 5.55. The van der Waals surface area contributed by atoms with Crippen molar-refractivity contribution in [1.82, 2.24) is 14.7 Å². The minimum Gasteiger partial charge on any atom is -0.315 e. The zero-order chi connectivity index (χ0) is 25.3. The largest absolute Gasteiger partial charge is 0.322 e. The first-order valence-corrected chi connectivity index (χ1v) is 11.9. The highest BCUT2D eigenvalue weighted by Gasteiger charge is 2.19. The standard InChI is InChI=1S/C28H28FN5O2/c1-2-3-18-33(28(36)30-23-12-8-5-9-13-23)20-27(35)31-26-19-25(21-10-6-4-7-11-21)32-34(26)24-16-14-22(29)15-17-24/h4-17,19H,2-3,18,20H2,1H3,(H,30,36)(H,31,35). The molecule has 8 heteroatoms. The van der Waals surface area contributed by atoms with Crippen molar-refractivity contribution in [1.29, 1.82) is 0 Å². The molecule has 2 N–H and O–H groups in total. The molecule has 0 bridgehead atoms. The van der Waals surface area contributed by atoms with Crippen LogP contribution >= 0.6 is 0 Å². The van der Waals surface area contributed by atoms with Crippen LogP contribution in [0.4, 0.5) is 20.7 Å². The highest BCUT2D eigenvalue weighted by Crippen LogP contribution is 2.25. The summed E-state index contributed by atoms with van der Waals surface area (Å²) in [5.41, 5.74) is 2.78. The molecule has 4 aromatic rings. The summed E-state index contributed by atoms with van der Waals surface area (Å²) in [5, 5.41) is 10.4. The number of nitrogens with zero attached hydrogens (tertiary/aromatic N) is 3. The molecule has 0 saturated heterocycles. The molecule has 7 nitrogen and oxygen atoms in total. The van der Waals surface area contributed by atoms with Gasteiger partial charge in [-0.2, -0.15) is 5.10 Å². The lowest BCUT2D eigenvalue weighted by atomic mass is 10.1. The van der Waals surface area contributed by atoms with Crippen LogP contribution in [-0.4, -0.2) is 39.7 Å². The first-order chi connectivity index (χ1) is 17.5. The molecule has 0 unspecified atom stereocenters. The number of urea groups is 1. The molecule has 184 valence electrons. The SMILES string of the molecule is CCCCN(CC(=O)Nc1cc(-c2ccccc2)nn1-c1ccc(F)cc1)C(=O)Nc1ccccc1. The number of rotatable bonds is 9. The Hall–Kier alpha value is -4.46. The van der Waals surface area contributed by atoms with Crippen molar-refractivity contribution in [2.45, 2.75) is 19.8 Å². The third-order valence-corrected chi connectivity index (χ3v) is 5.55. The molecule has 4 rings (SSSR count). The van der Waals surface area contributed by atoms with Gasteiger partial charge >= 0.3 is 6.03 Å². The predicted octanol–water partition coefficient (Wildman–Crippen LogP) is 5.95. The number of anilines is 2. The Bertz CT molecular complexity index is 1290. The molecule has 0 atom stereocenters. The van der Waals surface area contributed by atoms with Crippen molar-refractivity contribution < 1.29 is 14.0 Å². The van der Waals surface area contributed by atoms with Crippen molar-refractivity contribution in [2.24, 2.45) is 0 Å². The minimum absolute atomic E-state index is 0.131. The molecule has 0 aliphatic heterocycles. The number of halogens is 1. The number of unbranched alkanes of at least 4 members (excludes halogenated alkanes) is 1. The van der Waals surface area contributed by atoms with E-state index in [0.29, 0.717) is 29.4 Å². The van der Waals surface area contributed by atoms with Crippen molar-refractivity contribution in [3.8, 4) is 16.9 Å². The molecular formula is C28H28FN5O2. The van der Waals surface area contributed by atoms with Crippen molar-refractivity contribution in [3.05, 3.63) is 96.8 Å². The number of hydrogen-bond acceptors (Lipinski definition) is 3. The number of nitrogens with one attached hydrogen (secondary N) is 2. The normalized spacial score (nSPS) is 10.6. The van der Waals surface area contributed by atoms with E-state index in [4.69, 9.17) is 0 Å². The first kappa shape index (κ1) is 24.7. The topological polar surface area (TPSA) is 79.3 Å². The van der Waals surface area contributed by atoms with E-state index in [-0.39, 0.29) is 24.3 Å². The fourth-order valence-electron chi connectivity index (χ4n) is 3.68. The van der Waals surface area contributed by atoms with E-state index < -0.39 is 0 Å². The maximum Gasteiger partial charge on any atom is 0.322 e. The molecule has 1 heterocycles. The van der Waals surface area contributed by atoms with Gasteiger partial charge in [0.1, 0.15) is 18.2 Å². The monoisotopic (exact) mass is 485 g/mol. The zero-order valence-corrected chi connectivity index (χ0v) is 20.0. The summed E-state index contributed by atoms with van der Waals surface area (Å²) >= 11 is 0. The Morgan fingerprint density at radius 2 is 1.58 bits per heavy atom. The number of para-hydroxylation sites is 1. The van der Waals surface area contributed by atoms with Crippen LogP contribution < -0.4 is 10.6 Å². The van der Waals surface area contributed by atoms with Crippen molar-refractivity contribution >= 4 is 23.4 Å². The number of carbonyl (C=O) groups is 2. The van der Waals surface area contributed by atoms with Gasteiger partial charge in [-0.1, -0.05) is 61.9 Å². The number of benzene rings is 3. The van der Waals surface area contributed by atoms with Gasteiger partial charge in [0.25, 0.3) is 0 Å². The van der Waals surface area contributed by atoms with Crippen LogP contribution in [0.2, 0.25) is 0 Å². The van der Waals surface area contributed by atoms with Gasteiger partial charge in [-0.25, -0.2) is 13.9 Å². The number of hydrogen-bond donors (Lipinski definition) is 2. The maximum atomic E-state index is 13.5. The molecular weight excluding hydrogens is 457 g/mol. The molecule has 0 aliphatic carbocycles. The van der Waals surface area contributed by atoms with Gasteiger partial charge in [0.05, 0.1) is 11.4 Å². The second-order valence-electron chi connectivity index (χ2n) is 8.29. The Labute approximate surface area is 209 Å². The fraction of sp³-hybridized carbons (Fsp3) is 0.179. The summed E-state index contributed by atoms with van der Waals surface area (Å²) in [4.78, 5) is 27.5. The van der Waals surface area contributed by atoms with E-state index in [1.165, 1.54) is 17.0 Å². The van der Waals surface area contributed by atoms with Gasteiger partial charge in [-0.05, 0) is 42.8 Å². The second kappa shape index (κ2) is 11.8. The summed E-state index contributed by atoms with van der Waals surface area (Å²) in [6.07, 6.45) is 1.65. The number of amides is 3. The Morgan fingerprint density at radius 3 is 2.25 bits per heavy atom. The van der Waals surface area contributed by atoms with Crippen molar-refractivity contribution in [3.63, 3.8) is 0 Å². The zero-order valence-electron chi connectivity index (χ0n) is 20.0. The smallest absolute Gasteiger partial charge is 0.315 e. The highest BCUT2D eigenvalue weighted by atomic mass is 19.1. The molecule has 3 amide bonds. The van der Waals surface area contributed by atoms with Crippen LogP contribution in [0.3, 0.4) is 0 Å². The molecule has 1 aromatic heterocycles. The number of carbonyl (C=O) groups excluding carboxylic acids is 2. The van der Waals surface area contributed by atoms with Crippen LogP contribution in [0.25, 0.3) is 16.9 Å².